The molecule has 1 heterocycles. The Labute approximate surface area is 120 Å². The molecule has 0 spiro atoms. The summed E-state index contributed by atoms with van der Waals surface area (Å²) in [5, 5.41) is 2.26. The first-order valence-electron chi connectivity index (χ1n) is 5.79. The van der Waals surface area contributed by atoms with E-state index in [1.165, 1.54) is 19.4 Å². The van der Waals surface area contributed by atoms with Crippen molar-refractivity contribution in [1.82, 2.24) is 4.98 Å². The van der Waals surface area contributed by atoms with Gasteiger partial charge < -0.3 is 10.1 Å². The van der Waals surface area contributed by atoms with Crippen molar-refractivity contribution < 1.29 is 13.9 Å². The van der Waals surface area contributed by atoms with Crippen molar-refractivity contribution in [1.29, 1.82) is 0 Å². The number of aryl methyl sites for hydroxylation is 1. The second-order valence-electron chi connectivity index (χ2n) is 4.12. The highest BCUT2D eigenvalue weighted by Crippen LogP contribution is 2.26. The second kappa shape index (κ2) is 5.88. The maximum Gasteiger partial charge on any atom is 0.258 e. The molecule has 0 saturated heterocycles. The number of nitrogens with one attached hydrogen (secondary N) is 1. The zero-order valence-electron chi connectivity index (χ0n) is 10.9. The first-order chi connectivity index (χ1) is 9.52. The van der Waals surface area contributed by atoms with Gasteiger partial charge in [0.15, 0.2) is 11.0 Å². The van der Waals surface area contributed by atoms with Crippen molar-refractivity contribution in [3.05, 3.63) is 52.6 Å². The van der Waals surface area contributed by atoms with Crippen LogP contribution in [0.3, 0.4) is 0 Å². The number of nitrogens with zero attached hydrogens (tertiary/aromatic N) is 1. The van der Waals surface area contributed by atoms with Crippen molar-refractivity contribution >= 4 is 23.2 Å². The minimum absolute atomic E-state index is 0.173. The van der Waals surface area contributed by atoms with E-state index in [4.69, 9.17) is 16.3 Å². The molecule has 2 aromatic rings. The van der Waals surface area contributed by atoms with E-state index in [1.54, 1.807) is 12.1 Å². The van der Waals surface area contributed by atoms with Crippen LogP contribution in [0.1, 0.15) is 15.9 Å². The number of pyridine rings is 1. The van der Waals surface area contributed by atoms with Crippen LogP contribution >= 0.6 is 11.6 Å². The van der Waals surface area contributed by atoms with Gasteiger partial charge in [-0.1, -0.05) is 17.7 Å². The number of aromatic nitrogens is 1. The molecule has 0 unspecified atom stereocenters. The molecule has 0 aliphatic carbocycles. The maximum atomic E-state index is 13.7. The molecule has 104 valence electrons. The third kappa shape index (κ3) is 2.88. The summed E-state index contributed by atoms with van der Waals surface area (Å²) in [4.78, 5) is 15.6. The van der Waals surface area contributed by atoms with Crippen molar-refractivity contribution in [2.75, 3.05) is 12.4 Å². The lowest BCUT2D eigenvalue weighted by Crippen LogP contribution is -2.15. The van der Waals surface area contributed by atoms with Gasteiger partial charge in [-0.15, -0.1) is 0 Å². The number of carbonyl (C=O) groups excluding carboxylic acids is 1. The number of amides is 1. The SMILES string of the molecule is COc1ccc(C)cc1NC(=O)c1ccnc(Cl)c1F. The van der Waals surface area contributed by atoms with E-state index in [0.717, 1.165) is 5.56 Å². The van der Waals surface area contributed by atoms with E-state index >= 15 is 0 Å². The van der Waals surface area contributed by atoms with Gasteiger partial charge in [0, 0.05) is 6.20 Å². The van der Waals surface area contributed by atoms with Gasteiger partial charge in [0.25, 0.3) is 5.91 Å². The summed E-state index contributed by atoms with van der Waals surface area (Å²) in [7, 11) is 1.49. The first-order valence-corrected chi connectivity index (χ1v) is 6.16. The Hall–Kier alpha value is -2.14. The summed E-state index contributed by atoms with van der Waals surface area (Å²) in [6, 6.07) is 6.56. The highest BCUT2D eigenvalue weighted by atomic mass is 35.5. The third-order valence-electron chi connectivity index (χ3n) is 2.69. The molecule has 0 saturated carbocycles. The van der Waals surface area contributed by atoms with Gasteiger partial charge in [0.1, 0.15) is 5.75 Å². The normalized spacial score (nSPS) is 10.2. The highest BCUT2D eigenvalue weighted by molar-refractivity contribution is 6.30. The number of hydrogen-bond donors (Lipinski definition) is 1. The van der Waals surface area contributed by atoms with Crippen LogP contribution in [0, 0.1) is 12.7 Å². The number of carbonyl (C=O) groups is 1. The van der Waals surface area contributed by atoms with Crippen LogP contribution in [0.5, 0.6) is 5.75 Å². The molecule has 0 aliphatic heterocycles. The third-order valence-corrected chi connectivity index (χ3v) is 2.96. The van der Waals surface area contributed by atoms with Crippen molar-refractivity contribution in [3.63, 3.8) is 0 Å². The number of rotatable bonds is 3. The van der Waals surface area contributed by atoms with E-state index < -0.39 is 11.7 Å². The average molecular weight is 295 g/mol. The van der Waals surface area contributed by atoms with Gasteiger partial charge in [-0.3, -0.25) is 4.79 Å². The lowest BCUT2D eigenvalue weighted by Gasteiger charge is -2.11. The molecule has 4 nitrogen and oxygen atoms in total. The van der Waals surface area contributed by atoms with E-state index in [0.29, 0.717) is 11.4 Å². The topological polar surface area (TPSA) is 51.2 Å². The molecule has 0 bridgehead atoms. The Balaban J connectivity index is 2.32. The summed E-state index contributed by atoms with van der Waals surface area (Å²) in [5.74, 6) is -0.974. The van der Waals surface area contributed by atoms with E-state index in [-0.39, 0.29) is 10.7 Å². The van der Waals surface area contributed by atoms with Gasteiger partial charge in [-0.25, -0.2) is 9.37 Å². The summed E-state index contributed by atoms with van der Waals surface area (Å²) < 4.78 is 18.9. The lowest BCUT2D eigenvalue weighted by atomic mass is 10.2. The van der Waals surface area contributed by atoms with E-state index in [9.17, 15) is 9.18 Å². The minimum Gasteiger partial charge on any atom is -0.495 e. The van der Waals surface area contributed by atoms with Crippen LogP contribution in [0.4, 0.5) is 10.1 Å². The fourth-order valence-electron chi connectivity index (χ4n) is 1.70. The molecule has 1 N–H and O–H groups in total. The van der Waals surface area contributed by atoms with Crippen molar-refractivity contribution in [2.45, 2.75) is 6.92 Å². The Morgan fingerprint density at radius 2 is 2.15 bits per heavy atom. The Kier molecular flexibility index (Phi) is 4.20. The van der Waals surface area contributed by atoms with Gasteiger partial charge in [-0.05, 0) is 30.7 Å². The van der Waals surface area contributed by atoms with Crippen LogP contribution in [-0.2, 0) is 0 Å². The molecule has 0 radical (unpaired) electrons. The number of halogens is 2. The summed E-state index contributed by atoms with van der Waals surface area (Å²) in [6.07, 6.45) is 1.27. The molecule has 1 amide bonds. The fraction of sp³-hybridized carbons (Fsp3) is 0.143. The average Bonchev–Trinajstić information content (AvgIpc) is 2.42. The second-order valence-corrected chi connectivity index (χ2v) is 4.48. The van der Waals surface area contributed by atoms with Gasteiger partial charge >= 0.3 is 0 Å². The van der Waals surface area contributed by atoms with Crippen LogP contribution in [0.15, 0.2) is 30.5 Å². The molecular weight excluding hydrogens is 283 g/mol. The predicted octanol–water partition coefficient (Wildman–Crippen LogP) is 3.44. The molecule has 0 atom stereocenters. The number of hydrogen-bond acceptors (Lipinski definition) is 3. The minimum atomic E-state index is -0.849. The van der Waals surface area contributed by atoms with Gasteiger partial charge in [0.2, 0.25) is 0 Å². The molecule has 1 aromatic carbocycles. The smallest absolute Gasteiger partial charge is 0.258 e. The Bertz CT molecular complexity index is 662. The largest absolute Gasteiger partial charge is 0.495 e. The Morgan fingerprint density at radius 3 is 2.85 bits per heavy atom. The molecular formula is C14H12ClFN2O2. The zero-order valence-corrected chi connectivity index (χ0v) is 11.7. The fourth-order valence-corrected chi connectivity index (χ4v) is 1.86. The summed E-state index contributed by atoms with van der Waals surface area (Å²) in [5.41, 5.74) is 1.23. The maximum absolute atomic E-state index is 13.7. The zero-order chi connectivity index (χ0) is 14.7. The highest BCUT2D eigenvalue weighted by Gasteiger charge is 2.16. The standard InChI is InChI=1S/C14H12ClFN2O2/c1-8-3-4-11(20-2)10(7-8)18-14(19)9-5-6-17-13(15)12(9)16/h3-7H,1-2H3,(H,18,19). The predicted molar refractivity (Wildman–Crippen MR) is 74.9 cm³/mol. The monoisotopic (exact) mass is 294 g/mol. The quantitative estimate of drug-likeness (QED) is 0.882. The van der Waals surface area contributed by atoms with Crippen molar-refractivity contribution in [3.8, 4) is 5.75 Å². The van der Waals surface area contributed by atoms with E-state index in [2.05, 4.69) is 10.3 Å². The molecule has 6 heteroatoms. The summed E-state index contributed by atoms with van der Waals surface area (Å²) in [6.45, 7) is 1.87. The molecule has 0 aliphatic rings. The lowest BCUT2D eigenvalue weighted by molar-refractivity contribution is 0.102. The van der Waals surface area contributed by atoms with Crippen LogP contribution < -0.4 is 10.1 Å². The van der Waals surface area contributed by atoms with Gasteiger partial charge in [-0.2, -0.15) is 0 Å². The van der Waals surface area contributed by atoms with E-state index in [1.807, 2.05) is 13.0 Å². The molecule has 0 fully saturated rings. The Morgan fingerprint density at radius 1 is 1.40 bits per heavy atom. The molecule has 20 heavy (non-hydrogen) atoms. The molecule has 2 rings (SSSR count). The molecule has 1 aromatic heterocycles. The summed E-state index contributed by atoms with van der Waals surface area (Å²) >= 11 is 5.55. The number of ether oxygens (including phenoxy) is 1. The van der Waals surface area contributed by atoms with Crippen LogP contribution in [0.25, 0.3) is 0 Å². The number of benzene rings is 1. The van der Waals surface area contributed by atoms with Crippen LogP contribution in [-0.4, -0.2) is 18.0 Å². The number of methoxy groups -OCH3 is 1. The van der Waals surface area contributed by atoms with Crippen LogP contribution in [0.2, 0.25) is 5.15 Å². The number of anilines is 1. The van der Waals surface area contributed by atoms with Crippen molar-refractivity contribution in [2.24, 2.45) is 0 Å². The van der Waals surface area contributed by atoms with Gasteiger partial charge in [0.05, 0.1) is 18.4 Å². The first kappa shape index (κ1) is 14.3.